The molecule has 5 nitrogen and oxygen atoms in total. The Bertz CT molecular complexity index is 725. The third-order valence-electron chi connectivity index (χ3n) is 5.13. The molecule has 6 heteroatoms. The van der Waals surface area contributed by atoms with E-state index >= 15 is 0 Å². The first-order valence-electron chi connectivity index (χ1n) is 9.46. The van der Waals surface area contributed by atoms with Crippen LogP contribution in [0.1, 0.15) is 30.4 Å². The third kappa shape index (κ3) is 6.19. The Hall–Kier alpha value is -2.18. The standard InChI is InChI=1S/C21H27N3O2S/c22-21(26)19(12-16-4-2-1-3-5-16)23-20(25)13-17-6-9-24(10-7-17)14-18-8-11-27-15-18/h1-5,8,11,15,17,19H,6-7,9-10,12-14H2,(H2,22,26)(H,23,25)/t19-/m0/s1. The van der Waals surface area contributed by atoms with Crippen LogP contribution in [0.25, 0.3) is 0 Å². The van der Waals surface area contributed by atoms with Crippen molar-refractivity contribution in [3.8, 4) is 0 Å². The number of primary amides is 1. The molecule has 2 aromatic rings. The average molecular weight is 386 g/mol. The largest absolute Gasteiger partial charge is 0.368 e. The van der Waals surface area contributed by atoms with Gasteiger partial charge in [0.05, 0.1) is 0 Å². The molecular formula is C21H27N3O2S. The zero-order chi connectivity index (χ0) is 19.1. The molecule has 3 N–H and O–H groups in total. The van der Waals surface area contributed by atoms with Crippen molar-refractivity contribution in [1.29, 1.82) is 0 Å². The second-order valence-corrected chi connectivity index (χ2v) is 8.05. The topological polar surface area (TPSA) is 75.4 Å². The van der Waals surface area contributed by atoms with E-state index in [0.717, 1.165) is 38.0 Å². The van der Waals surface area contributed by atoms with E-state index in [1.807, 2.05) is 30.3 Å². The van der Waals surface area contributed by atoms with Gasteiger partial charge in [-0.15, -0.1) is 0 Å². The minimum atomic E-state index is -0.654. The average Bonchev–Trinajstić information content (AvgIpc) is 3.16. The van der Waals surface area contributed by atoms with Crippen LogP contribution in [-0.4, -0.2) is 35.8 Å². The fraction of sp³-hybridized carbons (Fsp3) is 0.429. The highest BCUT2D eigenvalue weighted by atomic mass is 32.1. The number of nitrogens with zero attached hydrogens (tertiary/aromatic N) is 1. The Balaban J connectivity index is 1.43. The molecule has 1 atom stereocenters. The van der Waals surface area contributed by atoms with E-state index in [-0.39, 0.29) is 5.91 Å². The van der Waals surface area contributed by atoms with E-state index in [9.17, 15) is 9.59 Å². The number of amides is 2. The van der Waals surface area contributed by atoms with Crippen LogP contribution in [-0.2, 0) is 22.6 Å². The summed E-state index contributed by atoms with van der Waals surface area (Å²) in [7, 11) is 0. The summed E-state index contributed by atoms with van der Waals surface area (Å²) >= 11 is 1.73. The third-order valence-corrected chi connectivity index (χ3v) is 5.86. The number of rotatable bonds is 8. The Labute approximate surface area is 164 Å². The van der Waals surface area contributed by atoms with Gasteiger partial charge in [-0.25, -0.2) is 0 Å². The van der Waals surface area contributed by atoms with Gasteiger partial charge in [-0.1, -0.05) is 30.3 Å². The van der Waals surface area contributed by atoms with Gasteiger partial charge in [-0.3, -0.25) is 14.5 Å². The Morgan fingerprint density at radius 2 is 1.89 bits per heavy atom. The number of piperidine rings is 1. The van der Waals surface area contributed by atoms with Crippen LogP contribution in [0.4, 0.5) is 0 Å². The van der Waals surface area contributed by atoms with Crippen LogP contribution >= 0.6 is 11.3 Å². The van der Waals surface area contributed by atoms with Crippen molar-refractivity contribution < 1.29 is 9.59 Å². The zero-order valence-corrected chi connectivity index (χ0v) is 16.3. The van der Waals surface area contributed by atoms with Gasteiger partial charge in [0, 0.05) is 19.4 Å². The lowest BCUT2D eigenvalue weighted by molar-refractivity contribution is -0.128. The first-order valence-corrected chi connectivity index (χ1v) is 10.4. The van der Waals surface area contributed by atoms with Crippen molar-refractivity contribution in [2.45, 2.75) is 38.3 Å². The fourth-order valence-electron chi connectivity index (χ4n) is 3.58. The Kier molecular flexibility index (Phi) is 7.01. The van der Waals surface area contributed by atoms with Crippen molar-refractivity contribution in [2.24, 2.45) is 11.7 Å². The minimum Gasteiger partial charge on any atom is -0.368 e. The zero-order valence-electron chi connectivity index (χ0n) is 15.5. The predicted molar refractivity (Wildman–Crippen MR) is 108 cm³/mol. The molecule has 1 aliphatic rings. The van der Waals surface area contributed by atoms with Crippen LogP contribution < -0.4 is 11.1 Å². The van der Waals surface area contributed by atoms with E-state index in [2.05, 4.69) is 27.0 Å². The highest BCUT2D eigenvalue weighted by Crippen LogP contribution is 2.22. The van der Waals surface area contributed by atoms with Crippen LogP contribution in [0, 0.1) is 5.92 Å². The summed E-state index contributed by atoms with van der Waals surface area (Å²) in [5.74, 6) is -0.197. The number of hydrogen-bond acceptors (Lipinski definition) is 4. The van der Waals surface area contributed by atoms with Crippen molar-refractivity contribution >= 4 is 23.2 Å². The summed E-state index contributed by atoms with van der Waals surface area (Å²) in [6.45, 7) is 3.01. The van der Waals surface area contributed by atoms with E-state index in [4.69, 9.17) is 5.73 Å². The smallest absolute Gasteiger partial charge is 0.240 e. The van der Waals surface area contributed by atoms with Gasteiger partial charge in [-0.05, 0) is 59.8 Å². The van der Waals surface area contributed by atoms with Gasteiger partial charge in [0.25, 0.3) is 0 Å². The van der Waals surface area contributed by atoms with Crippen molar-refractivity contribution in [3.05, 3.63) is 58.3 Å². The first kappa shape index (κ1) is 19.6. The molecule has 1 aliphatic heterocycles. The molecule has 0 unspecified atom stereocenters. The summed E-state index contributed by atoms with van der Waals surface area (Å²) in [6, 6.07) is 11.1. The lowest BCUT2D eigenvalue weighted by atomic mass is 9.92. The molecule has 27 heavy (non-hydrogen) atoms. The molecule has 1 fully saturated rings. The van der Waals surface area contributed by atoms with Gasteiger partial charge in [0.2, 0.25) is 11.8 Å². The maximum Gasteiger partial charge on any atom is 0.240 e. The molecule has 2 amide bonds. The molecular weight excluding hydrogens is 358 g/mol. The van der Waals surface area contributed by atoms with Crippen LogP contribution in [0.5, 0.6) is 0 Å². The van der Waals surface area contributed by atoms with Gasteiger partial charge in [0.15, 0.2) is 0 Å². The fourth-order valence-corrected chi connectivity index (χ4v) is 4.24. The molecule has 1 aromatic heterocycles. The van der Waals surface area contributed by atoms with Crippen molar-refractivity contribution in [1.82, 2.24) is 10.2 Å². The SMILES string of the molecule is NC(=O)[C@H](Cc1ccccc1)NC(=O)CC1CCN(Cc2ccsc2)CC1. The minimum absolute atomic E-state index is 0.0778. The maximum atomic E-state index is 12.4. The van der Waals surface area contributed by atoms with Gasteiger partial charge in [-0.2, -0.15) is 11.3 Å². The Morgan fingerprint density at radius 1 is 1.15 bits per heavy atom. The van der Waals surface area contributed by atoms with E-state index < -0.39 is 11.9 Å². The lowest BCUT2D eigenvalue weighted by Gasteiger charge is -2.31. The number of thiophene rings is 1. The predicted octanol–water partition coefficient (Wildman–Crippen LogP) is 2.56. The van der Waals surface area contributed by atoms with E-state index in [1.165, 1.54) is 5.56 Å². The van der Waals surface area contributed by atoms with E-state index in [1.54, 1.807) is 11.3 Å². The molecule has 0 radical (unpaired) electrons. The number of nitrogens with two attached hydrogens (primary N) is 1. The van der Waals surface area contributed by atoms with Gasteiger partial charge < -0.3 is 11.1 Å². The van der Waals surface area contributed by atoms with E-state index in [0.29, 0.717) is 18.8 Å². The normalized spacial score (nSPS) is 16.7. The molecule has 1 saturated heterocycles. The summed E-state index contributed by atoms with van der Waals surface area (Å²) in [5.41, 5.74) is 7.84. The second kappa shape index (κ2) is 9.67. The highest BCUT2D eigenvalue weighted by molar-refractivity contribution is 7.07. The first-order chi connectivity index (χ1) is 13.1. The molecule has 3 rings (SSSR count). The number of likely N-dealkylation sites (tertiary alicyclic amines) is 1. The molecule has 2 heterocycles. The number of benzene rings is 1. The van der Waals surface area contributed by atoms with Gasteiger partial charge in [0.1, 0.15) is 6.04 Å². The number of hydrogen-bond donors (Lipinski definition) is 2. The van der Waals surface area contributed by atoms with Crippen LogP contribution in [0.15, 0.2) is 47.2 Å². The monoisotopic (exact) mass is 385 g/mol. The molecule has 0 aliphatic carbocycles. The summed E-state index contributed by atoms with van der Waals surface area (Å²) < 4.78 is 0. The Morgan fingerprint density at radius 3 is 2.52 bits per heavy atom. The van der Waals surface area contributed by atoms with Crippen LogP contribution in [0.2, 0.25) is 0 Å². The quantitative estimate of drug-likeness (QED) is 0.733. The second-order valence-electron chi connectivity index (χ2n) is 7.27. The van der Waals surface area contributed by atoms with Gasteiger partial charge >= 0.3 is 0 Å². The summed E-state index contributed by atoms with van der Waals surface area (Å²) in [6.07, 6.45) is 2.92. The highest BCUT2D eigenvalue weighted by Gasteiger charge is 2.24. The molecule has 0 bridgehead atoms. The molecule has 0 spiro atoms. The maximum absolute atomic E-state index is 12.4. The van der Waals surface area contributed by atoms with Crippen molar-refractivity contribution in [3.63, 3.8) is 0 Å². The van der Waals surface area contributed by atoms with Crippen molar-refractivity contribution in [2.75, 3.05) is 13.1 Å². The summed E-state index contributed by atoms with van der Waals surface area (Å²) in [5, 5.41) is 7.13. The lowest BCUT2D eigenvalue weighted by Crippen LogP contribution is -2.46. The summed E-state index contributed by atoms with van der Waals surface area (Å²) in [4.78, 5) is 26.6. The van der Waals surface area contributed by atoms with Crippen LogP contribution in [0.3, 0.4) is 0 Å². The molecule has 144 valence electrons. The number of nitrogens with one attached hydrogen (secondary N) is 1. The molecule has 0 saturated carbocycles. The number of carbonyl (C=O) groups is 2. The number of carbonyl (C=O) groups excluding carboxylic acids is 2. The molecule has 1 aromatic carbocycles.